The second-order valence-electron chi connectivity index (χ2n) is 2.86. The molecule has 0 bridgehead atoms. The Hall–Kier alpha value is -1.54. The Morgan fingerprint density at radius 2 is 1.94 bits per heavy atom. The third-order valence-electron chi connectivity index (χ3n) is 1.82. The zero-order valence-electron chi connectivity index (χ0n) is 8.12. The van der Waals surface area contributed by atoms with E-state index in [-0.39, 0.29) is 0 Å². The molecule has 0 aliphatic carbocycles. The zero-order chi connectivity index (χ0) is 12.5. The standard InChI is InChI=1S/C8H8F2N2O3S/c1-12-8(13)6-4(9)2-3-5(7(6)10)16(11,14)15/h2-3H,1H3,(H,12,13)(H2,11,14,15). The maximum absolute atomic E-state index is 13.5. The molecule has 88 valence electrons. The van der Waals surface area contributed by atoms with Crippen molar-refractivity contribution in [3.63, 3.8) is 0 Å². The van der Waals surface area contributed by atoms with E-state index in [1.54, 1.807) is 0 Å². The van der Waals surface area contributed by atoms with Gasteiger partial charge in [-0.05, 0) is 12.1 Å². The molecule has 0 aliphatic rings. The molecule has 0 spiro atoms. The first kappa shape index (κ1) is 12.5. The lowest BCUT2D eigenvalue weighted by molar-refractivity contribution is 0.0954. The van der Waals surface area contributed by atoms with E-state index in [1.807, 2.05) is 5.32 Å². The summed E-state index contributed by atoms with van der Waals surface area (Å²) in [4.78, 5) is 10.2. The monoisotopic (exact) mass is 250 g/mol. The Morgan fingerprint density at radius 3 is 2.38 bits per heavy atom. The van der Waals surface area contributed by atoms with Crippen molar-refractivity contribution in [1.29, 1.82) is 0 Å². The fourth-order valence-electron chi connectivity index (χ4n) is 1.09. The van der Waals surface area contributed by atoms with Gasteiger partial charge in [0.1, 0.15) is 16.3 Å². The number of rotatable bonds is 2. The van der Waals surface area contributed by atoms with Gasteiger partial charge in [0.15, 0.2) is 5.82 Å². The Balaban J connectivity index is 3.57. The van der Waals surface area contributed by atoms with E-state index >= 15 is 0 Å². The average molecular weight is 250 g/mol. The van der Waals surface area contributed by atoms with E-state index in [1.165, 1.54) is 0 Å². The number of sulfonamides is 1. The highest BCUT2D eigenvalue weighted by molar-refractivity contribution is 7.89. The second kappa shape index (κ2) is 4.14. The van der Waals surface area contributed by atoms with Crippen LogP contribution in [0.15, 0.2) is 17.0 Å². The van der Waals surface area contributed by atoms with Crippen molar-refractivity contribution in [3.05, 3.63) is 29.3 Å². The summed E-state index contributed by atoms with van der Waals surface area (Å²) in [5, 5.41) is 6.68. The number of hydrogen-bond acceptors (Lipinski definition) is 3. The Bertz CT molecular complexity index is 542. The Kier molecular flexibility index (Phi) is 3.24. The van der Waals surface area contributed by atoms with Crippen molar-refractivity contribution in [1.82, 2.24) is 5.32 Å². The normalized spacial score (nSPS) is 11.2. The van der Waals surface area contributed by atoms with Crippen LogP contribution in [0, 0.1) is 11.6 Å². The van der Waals surface area contributed by atoms with Crippen molar-refractivity contribution < 1.29 is 22.0 Å². The second-order valence-corrected chi connectivity index (χ2v) is 4.39. The molecule has 8 heteroatoms. The molecule has 16 heavy (non-hydrogen) atoms. The molecular weight excluding hydrogens is 242 g/mol. The minimum atomic E-state index is -4.34. The van der Waals surface area contributed by atoms with Gasteiger partial charge < -0.3 is 5.32 Å². The molecule has 0 unspecified atom stereocenters. The number of carbonyl (C=O) groups excluding carboxylic acids is 1. The molecule has 0 atom stereocenters. The number of primary sulfonamides is 1. The lowest BCUT2D eigenvalue weighted by Gasteiger charge is -2.06. The van der Waals surface area contributed by atoms with E-state index in [0.717, 1.165) is 7.05 Å². The minimum absolute atomic E-state index is 0.659. The number of nitrogens with one attached hydrogen (secondary N) is 1. The van der Waals surface area contributed by atoms with Crippen LogP contribution in [-0.4, -0.2) is 21.4 Å². The van der Waals surface area contributed by atoms with Gasteiger partial charge in [-0.25, -0.2) is 22.3 Å². The van der Waals surface area contributed by atoms with Gasteiger partial charge in [-0.15, -0.1) is 0 Å². The minimum Gasteiger partial charge on any atom is -0.355 e. The van der Waals surface area contributed by atoms with Crippen molar-refractivity contribution in [3.8, 4) is 0 Å². The third kappa shape index (κ3) is 2.17. The molecule has 0 radical (unpaired) electrons. The predicted molar refractivity (Wildman–Crippen MR) is 51.1 cm³/mol. The summed E-state index contributed by atoms with van der Waals surface area (Å²) >= 11 is 0. The third-order valence-corrected chi connectivity index (χ3v) is 2.74. The first-order valence-corrected chi connectivity index (χ1v) is 5.56. The summed E-state index contributed by atoms with van der Waals surface area (Å²) in [6.07, 6.45) is 0. The highest BCUT2D eigenvalue weighted by Crippen LogP contribution is 2.19. The van der Waals surface area contributed by atoms with Crippen LogP contribution in [0.1, 0.15) is 10.4 Å². The molecule has 1 rings (SSSR count). The summed E-state index contributed by atoms with van der Waals surface area (Å²) in [6.45, 7) is 0. The first-order chi connectivity index (χ1) is 7.29. The molecule has 1 aromatic rings. The van der Waals surface area contributed by atoms with Gasteiger partial charge in [-0.1, -0.05) is 0 Å². The summed E-state index contributed by atoms with van der Waals surface area (Å²) in [6, 6.07) is 1.32. The van der Waals surface area contributed by atoms with Gasteiger partial charge in [0.2, 0.25) is 10.0 Å². The maximum Gasteiger partial charge on any atom is 0.257 e. The van der Waals surface area contributed by atoms with E-state index in [0.29, 0.717) is 12.1 Å². The Morgan fingerprint density at radius 1 is 1.38 bits per heavy atom. The van der Waals surface area contributed by atoms with Gasteiger partial charge in [0.05, 0.1) is 0 Å². The quantitative estimate of drug-likeness (QED) is 0.772. The SMILES string of the molecule is CNC(=O)c1c(F)ccc(S(N)(=O)=O)c1F. The summed E-state index contributed by atoms with van der Waals surface area (Å²) < 4.78 is 48.4. The van der Waals surface area contributed by atoms with Gasteiger partial charge in [0, 0.05) is 7.05 Å². The van der Waals surface area contributed by atoms with E-state index < -0.39 is 38.0 Å². The number of hydrogen-bond donors (Lipinski definition) is 2. The van der Waals surface area contributed by atoms with Crippen LogP contribution < -0.4 is 10.5 Å². The smallest absolute Gasteiger partial charge is 0.257 e. The van der Waals surface area contributed by atoms with Crippen molar-refractivity contribution in [2.75, 3.05) is 7.05 Å². The van der Waals surface area contributed by atoms with E-state index in [4.69, 9.17) is 5.14 Å². The topological polar surface area (TPSA) is 89.3 Å². The van der Waals surface area contributed by atoms with Crippen LogP contribution in [0.2, 0.25) is 0 Å². The van der Waals surface area contributed by atoms with Crippen LogP contribution in [-0.2, 0) is 10.0 Å². The van der Waals surface area contributed by atoms with Gasteiger partial charge in [-0.2, -0.15) is 0 Å². The van der Waals surface area contributed by atoms with Crippen molar-refractivity contribution in [2.24, 2.45) is 5.14 Å². The first-order valence-electron chi connectivity index (χ1n) is 4.02. The molecule has 0 aliphatic heterocycles. The van der Waals surface area contributed by atoms with Crippen LogP contribution in [0.3, 0.4) is 0 Å². The molecule has 1 aromatic carbocycles. The van der Waals surface area contributed by atoms with E-state index in [2.05, 4.69) is 0 Å². The Labute approximate surface area is 90.3 Å². The fourth-order valence-corrected chi connectivity index (χ4v) is 1.70. The zero-order valence-corrected chi connectivity index (χ0v) is 8.94. The highest BCUT2D eigenvalue weighted by atomic mass is 32.2. The van der Waals surface area contributed by atoms with Crippen LogP contribution in [0.5, 0.6) is 0 Å². The molecule has 3 N–H and O–H groups in total. The van der Waals surface area contributed by atoms with Crippen LogP contribution in [0.4, 0.5) is 8.78 Å². The van der Waals surface area contributed by atoms with Gasteiger partial charge in [0.25, 0.3) is 5.91 Å². The average Bonchev–Trinajstić information content (AvgIpc) is 2.15. The largest absolute Gasteiger partial charge is 0.355 e. The van der Waals surface area contributed by atoms with E-state index in [9.17, 15) is 22.0 Å². The summed E-state index contributed by atoms with van der Waals surface area (Å²) in [5.74, 6) is -3.73. The molecule has 0 saturated heterocycles. The lowest BCUT2D eigenvalue weighted by Crippen LogP contribution is -2.23. The number of halogens is 2. The van der Waals surface area contributed by atoms with Crippen molar-refractivity contribution >= 4 is 15.9 Å². The predicted octanol–water partition coefficient (Wildman–Crippen LogP) is -0.0282. The molecule has 1 amide bonds. The molecule has 5 nitrogen and oxygen atoms in total. The van der Waals surface area contributed by atoms with Gasteiger partial charge >= 0.3 is 0 Å². The number of carbonyl (C=O) groups is 1. The lowest BCUT2D eigenvalue weighted by atomic mass is 10.2. The van der Waals surface area contributed by atoms with Crippen LogP contribution in [0.25, 0.3) is 0 Å². The highest BCUT2D eigenvalue weighted by Gasteiger charge is 2.24. The maximum atomic E-state index is 13.5. The number of benzene rings is 1. The number of nitrogens with two attached hydrogens (primary N) is 1. The molecular formula is C8H8F2N2O3S. The summed E-state index contributed by atoms with van der Waals surface area (Å²) in [5.41, 5.74) is -0.978. The number of amides is 1. The molecule has 0 aromatic heterocycles. The fraction of sp³-hybridized carbons (Fsp3) is 0.125. The molecule has 0 heterocycles. The molecule has 0 saturated carbocycles. The summed E-state index contributed by atoms with van der Waals surface area (Å²) in [7, 11) is -3.18. The van der Waals surface area contributed by atoms with Crippen LogP contribution >= 0.6 is 0 Å². The van der Waals surface area contributed by atoms with Crippen molar-refractivity contribution in [2.45, 2.75) is 4.90 Å². The molecule has 0 fully saturated rings. The van der Waals surface area contributed by atoms with Gasteiger partial charge in [-0.3, -0.25) is 4.79 Å².